The van der Waals surface area contributed by atoms with Crippen LogP contribution in [0.15, 0.2) is 61.1 Å². The molecule has 38 heavy (non-hydrogen) atoms. The lowest BCUT2D eigenvalue weighted by atomic mass is 9.98. The van der Waals surface area contributed by atoms with Crippen molar-refractivity contribution in [2.45, 2.75) is 12.2 Å². The fourth-order valence-corrected chi connectivity index (χ4v) is 4.99. The molecule has 2 N–H and O–H groups in total. The highest BCUT2D eigenvalue weighted by atomic mass is 19.4. The summed E-state index contributed by atoms with van der Waals surface area (Å²) in [6.45, 7) is 0.178. The number of carbonyl (C=O) groups excluding carboxylic acids is 1. The van der Waals surface area contributed by atoms with E-state index in [4.69, 9.17) is 10.5 Å². The van der Waals surface area contributed by atoms with Crippen molar-refractivity contribution in [3.63, 3.8) is 0 Å². The molecule has 6 rings (SSSR count). The largest absolute Gasteiger partial charge is 0.491 e. The molecule has 8 nitrogen and oxygen atoms in total. The zero-order chi connectivity index (χ0) is 26.8. The van der Waals surface area contributed by atoms with Gasteiger partial charge in [-0.05, 0) is 35.9 Å². The number of halogens is 3. The van der Waals surface area contributed by atoms with E-state index >= 15 is 0 Å². The Bertz CT molecular complexity index is 1750. The van der Waals surface area contributed by atoms with E-state index in [1.165, 1.54) is 6.20 Å². The molecule has 4 heterocycles. The Kier molecular flexibility index (Phi) is 5.26. The zero-order valence-corrected chi connectivity index (χ0v) is 20.3. The summed E-state index contributed by atoms with van der Waals surface area (Å²) in [6.07, 6.45) is -0.574. The maximum absolute atomic E-state index is 13.5. The highest BCUT2D eigenvalue weighted by Crippen LogP contribution is 2.42. The molecule has 0 aliphatic carbocycles. The number of anilines is 1. The summed E-state index contributed by atoms with van der Waals surface area (Å²) in [7, 11) is 3.47. The van der Waals surface area contributed by atoms with Crippen LogP contribution in [0.5, 0.6) is 5.75 Å². The number of nitrogens with two attached hydrogens (primary N) is 1. The van der Waals surface area contributed by atoms with Gasteiger partial charge in [-0.1, -0.05) is 12.1 Å². The standard InChI is InChI=1S/C27H21F3N6O2/c1-35(26(37)15-4-6-21-17(9-15)24-19(25(31)34-21)12-33-36(24)2)22-13-38-23-10-14(3-5-16(22)23)18-11-32-8-7-20(18)27(28,29)30/h3-12,22H,13H2,1-2H3,(H2,31,34)/t22-/m1/s1. The van der Waals surface area contributed by atoms with Gasteiger partial charge in [-0.25, -0.2) is 4.98 Å². The molecule has 11 heteroatoms. The number of hydrogen-bond acceptors (Lipinski definition) is 6. The third-order valence-electron chi connectivity index (χ3n) is 6.95. The molecule has 0 fully saturated rings. The SMILES string of the molecule is CN(C(=O)c1ccc2nc(N)c3cnn(C)c3c2c1)[C@@H]1COc2cc(-c3cnccc3C(F)(F)F)ccc21. The van der Waals surface area contributed by atoms with Crippen LogP contribution in [0, 0.1) is 0 Å². The van der Waals surface area contributed by atoms with Crippen molar-refractivity contribution in [2.75, 3.05) is 19.4 Å². The summed E-state index contributed by atoms with van der Waals surface area (Å²) in [5.74, 6) is 0.555. The number of benzene rings is 2. The van der Waals surface area contributed by atoms with Crippen LogP contribution >= 0.6 is 0 Å². The van der Waals surface area contributed by atoms with Crippen molar-refractivity contribution < 1.29 is 22.7 Å². The third kappa shape index (κ3) is 3.69. The van der Waals surface area contributed by atoms with E-state index in [-0.39, 0.29) is 18.1 Å². The van der Waals surface area contributed by atoms with Gasteiger partial charge >= 0.3 is 6.18 Å². The summed E-state index contributed by atoms with van der Waals surface area (Å²) in [5, 5.41) is 5.72. The number of hydrogen-bond donors (Lipinski definition) is 1. The topological polar surface area (TPSA) is 99.2 Å². The van der Waals surface area contributed by atoms with Crippen LogP contribution in [0.1, 0.15) is 27.5 Å². The molecule has 5 aromatic rings. The average Bonchev–Trinajstić information content (AvgIpc) is 3.51. The normalized spacial score (nSPS) is 15.0. The van der Waals surface area contributed by atoms with E-state index in [1.807, 2.05) is 0 Å². The van der Waals surface area contributed by atoms with Gasteiger partial charge in [-0.3, -0.25) is 14.5 Å². The number of aryl methyl sites for hydroxylation is 1. The van der Waals surface area contributed by atoms with Gasteiger partial charge in [0.25, 0.3) is 5.91 Å². The minimum atomic E-state index is -4.52. The van der Waals surface area contributed by atoms with Crippen molar-refractivity contribution in [3.05, 3.63) is 77.7 Å². The smallest absolute Gasteiger partial charge is 0.417 e. The van der Waals surface area contributed by atoms with Crippen LogP contribution in [-0.4, -0.2) is 44.2 Å². The Balaban J connectivity index is 1.33. The highest BCUT2D eigenvalue weighted by molar-refractivity contribution is 6.10. The summed E-state index contributed by atoms with van der Waals surface area (Å²) in [6, 6.07) is 10.6. The number of ether oxygens (including phenoxy) is 1. The second kappa shape index (κ2) is 8.44. The second-order valence-corrected chi connectivity index (χ2v) is 9.17. The number of fused-ring (bicyclic) bond motifs is 4. The number of aromatic nitrogens is 4. The Morgan fingerprint density at radius 3 is 2.74 bits per heavy atom. The van der Waals surface area contributed by atoms with Crippen LogP contribution in [0.3, 0.4) is 0 Å². The quantitative estimate of drug-likeness (QED) is 0.361. The molecule has 1 aliphatic heterocycles. The molecule has 3 aromatic heterocycles. The Hall–Kier alpha value is -4.67. The first-order valence-electron chi connectivity index (χ1n) is 11.7. The Morgan fingerprint density at radius 1 is 1.13 bits per heavy atom. The monoisotopic (exact) mass is 518 g/mol. The van der Waals surface area contributed by atoms with E-state index in [9.17, 15) is 18.0 Å². The first-order valence-corrected chi connectivity index (χ1v) is 11.7. The number of amides is 1. The first kappa shape index (κ1) is 23.7. The number of alkyl halides is 3. The molecule has 1 aliphatic rings. The number of rotatable bonds is 3. The van der Waals surface area contributed by atoms with Gasteiger partial charge in [0.05, 0.1) is 34.2 Å². The predicted molar refractivity (Wildman–Crippen MR) is 135 cm³/mol. The van der Waals surface area contributed by atoms with Crippen LogP contribution in [0.4, 0.5) is 19.0 Å². The second-order valence-electron chi connectivity index (χ2n) is 9.17. The number of nitrogens with zero attached hydrogens (tertiary/aromatic N) is 5. The van der Waals surface area contributed by atoms with Crippen molar-refractivity contribution in [2.24, 2.45) is 7.05 Å². The van der Waals surface area contributed by atoms with Gasteiger partial charge in [0, 0.05) is 48.6 Å². The molecular weight excluding hydrogens is 497 g/mol. The van der Waals surface area contributed by atoms with Crippen LogP contribution < -0.4 is 10.5 Å². The van der Waals surface area contributed by atoms with E-state index in [0.29, 0.717) is 39.2 Å². The zero-order valence-electron chi connectivity index (χ0n) is 20.3. The molecule has 192 valence electrons. The number of carbonyl (C=O) groups is 1. The highest BCUT2D eigenvalue weighted by Gasteiger charge is 2.35. The minimum Gasteiger partial charge on any atom is -0.491 e. The molecule has 0 saturated heterocycles. The predicted octanol–water partition coefficient (Wildman–Crippen LogP) is 4.99. The van der Waals surface area contributed by atoms with Gasteiger partial charge in [-0.15, -0.1) is 0 Å². The maximum Gasteiger partial charge on any atom is 0.417 e. The third-order valence-corrected chi connectivity index (χ3v) is 6.95. The van der Waals surface area contributed by atoms with Crippen molar-refractivity contribution in [1.29, 1.82) is 0 Å². The lowest BCUT2D eigenvalue weighted by Crippen LogP contribution is -2.32. The molecule has 1 amide bonds. The fraction of sp³-hybridized carbons (Fsp3) is 0.185. The maximum atomic E-state index is 13.5. The summed E-state index contributed by atoms with van der Waals surface area (Å²) in [5.41, 5.74) is 8.19. The Labute approximate surface area is 214 Å². The number of pyridine rings is 2. The Morgan fingerprint density at radius 2 is 1.95 bits per heavy atom. The molecule has 1 atom stereocenters. The first-order chi connectivity index (χ1) is 18.1. The minimum absolute atomic E-state index is 0.0360. The molecule has 0 saturated carbocycles. The molecule has 2 aromatic carbocycles. The van der Waals surface area contributed by atoms with Gasteiger partial charge in [0.1, 0.15) is 18.2 Å². The molecular formula is C27H21F3N6O2. The summed E-state index contributed by atoms with van der Waals surface area (Å²) in [4.78, 5) is 23.4. The van der Waals surface area contributed by atoms with Gasteiger partial charge < -0.3 is 15.4 Å². The van der Waals surface area contributed by atoms with Crippen molar-refractivity contribution in [3.8, 4) is 16.9 Å². The molecule has 0 unspecified atom stereocenters. The van der Waals surface area contributed by atoms with Crippen LogP contribution in [-0.2, 0) is 13.2 Å². The lowest BCUT2D eigenvalue weighted by molar-refractivity contribution is -0.137. The molecule has 0 spiro atoms. The van der Waals surface area contributed by atoms with Crippen molar-refractivity contribution in [1.82, 2.24) is 24.6 Å². The lowest BCUT2D eigenvalue weighted by Gasteiger charge is -2.24. The van der Waals surface area contributed by atoms with Gasteiger partial charge in [0.15, 0.2) is 0 Å². The van der Waals surface area contributed by atoms with Crippen LogP contribution in [0.25, 0.3) is 32.9 Å². The van der Waals surface area contributed by atoms with E-state index in [1.54, 1.807) is 66.3 Å². The van der Waals surface area contributed by atoms with E-state index < -0.39 is 17.8 Å². The molecule has 0 bridgehead atoms. The van der Waals surface area contributed by atoms with Crippen molar-refractivity contribution >= 4 is 33.5 Å². The molecule has 0 radical (unpaired) electrons. The average molecular weight is 518 g/mol. The van der Waals surface area contributed by atoms with Gasteiger partial charge in [-0.2, -0.15) is 18.3 Å². The van der Waals surface area contributed by atoms with E-state index in [2.05, 4.69) is 15.1 Å². The van der Waals surface area contributed by atoms with E-state index in [0.717, 1.165) is 23.2 Å². The van der Waals surface area contributed by atoms with Gasteiger partial charge in [0.2, 0.25) is 0 Å². The number of likely N-dealkylation sites (N-methyl/N-ethyl adjacent to an activating group) is 1. The van der Waals surface area contributed by atoms with Crippen LogP contribution in [0.2, 0.25) is 0 Å². The summed E-state index contributed by atoms with van der Waals surface area (Å²) < 4.78 is 48.1. The fourth-order valence-electron chi connectivity index (χ4n) is 4.99. The summed E-state index contributed by atoms with van der Waals surface area (Å²) >= 11 is 0. The number of nitrogen functional groups attached to an aromatic ring is 1.